The summed E-state index contributed by atoms with van der Waals surface area (Å²) in [5, 5.41) is 11.2. The molecule has 4 rings (SSSR count). The molecule has 0 amide bonds. The molecule has 0 saturated carbocycles. The fraction of sp³-hybridized carbons (Fsp3) is 0.360. The van der Waals surface area contributed by atoms with Gasteiger partial charge in [0.1, 0.15) is 5.82 Å². The van der Waals surface area contributed by atoms with Gasteiger partial charge < -0.3 is 15.5 Å². The summed E-state index contributed by atoms with van der Waals surface area (Å²) in [4.78, 5) is 9.12. The second kappa shape index (κ2) is 13.3. The van der Waals surface area contributed by atoms with Crippen molar-refractivity contribution in [1.82, 2.24) is 25.3 Å². The first kappa shape index (κ1) is 26.0. The summed E-state index contributed by atoms with van der Waals surface area (Å²) in [6, 6.07) is 17.1. The van der Waals surface area contributed by atoms with Gasteiger partial charge in [-0.15, -0.1) is 24.0 Å². The molecule has 2 aromatic carbocycles. The van der Waals surface area contributed by atoms with Gasteiger partial charge in [-0.25, -0.2) is 4.39 Å². The van der Waals surface area contributed by atoms with Crippen LogP contribution in [0.4, 0.5) is 10.1 Å². The zero-order valence-corrected chi connectivity index (χ0v) is 21.9. The van der Waals surface area contributed by atoms with E-state index in [0.717, 1.165) is 57.5 Å². The molecule has 2 N–H and O–H groups in total. The molecular formula is C25H33FIN7. The van der Waals surface area contributed by atoms with Crippen molar-refractivity contribution in [2.75, 3.05) is 51.2 Å². The molecule has 0 bridgehead atoms. The van der Waals surface area contributed by atoms with Gasteiger partial charge in [-0.2, -0.15) is 5.10 Å². The molecule has 0 atom stereocenters. The van der Waals surface area contributed by atoms with Gasteiger partial charge in [0.15, 0.2) is 5.96 Å². The van der Waals surface area contributed by atoms with E-state index in [1.54, 1.807) is 13.2 Å². The highest BCUT2D eigenvalue weighted by molar-refractivity contribution is 14.0. The van der Waals surface area contributed by atoms with Crippen molar-refractivity contribution in [2.45, 2.75) is 13.1 Å². The molecule has 0 aliphatic carbocycles. The molecule has 3 aromatic rings. The van der Waals surface area contributed by atoms with Crippen molar-refractivity contribution >= 4 is 35.6 Å². The number of piperazine rings is 1. The van der Waals surface area contributed by atoms with Crippen LogP contribution in [0, 0.1) is 5.82 Å². The zero-order chi connectivity index (χ0) is 22.9. The van der Waals surface area contributed by atoms with Crippen LogP contribution in [-0.2, 0) is 13.1 Å². The summed E-state index contributed by atoms with van der Waals surface area (Å²) in [5.74, 6) is 0.612. The number of guanidine groups is 1. The molecule has 9 heteroatoms. The smallest absolute Gasteiger partial charge is 0.191 e. The van der Waals surface area contributed by atoms with Gasteiger partial charge in [0.2, 0.25) is 0 Å². The fourth-order valence-corrected chi connectivity index (χ4v) is 4.07. The Hall–Kier alpha value is -2.66. The van der Waals surface area contributed by atoms with Crippen LogP contribution in [0.1, 0.15) is 11.1 Å². The Morgan fingerprint density at radius 1 is 0.971 bits per heavy atom. The highest BCUT2D eigenvalue weighted by Gasteiger charge is 2.17. The summed E-state index contributed by atoms with van der Waals surface area (Å²) in [7, 11) is 1.80. The number of hydrogen-bond donors (Lipinski definition) is 2. The Kier molecular flexibility index (Phi) is 10.1. The molecule has 7 nitrogen and oxygen atoms in total. The van der Waals surface area contributed by atoms with E-state index in [4.69, 9.17) is 0 Å². The van der Waals surface area contributed by atoms with Crippen LogP contribution in [0.3, 0.4) is 0 Å². The Balaban J connectivity index is 0.00000324. The van der Waals surface area contributed by atoms with Crippen molar-refractivity contribution in [1.29, 1.82) is 0 Å². The van der Waals surface area contributed by atoms with Crippen molar-refractivity contribution in [2.24, 2.45) is 4.99 Å². The summed E-state index contributed by atoms with van der Waals surface area (Å²) in [6.45, 7) is 7.11. The SMILES string of the molecule is CN=C(NCCN1CCN(c2ccc(F)cc2)CC1)NCc1ccccc1Cn1cccn1.I. The molecule has 0 spiro atoms. The van der Waals surface area contributed by atoms with Crippen LogP contribution in [0.2, 0.25) is 0 Å². The van der Waals surface area contributed by atoms with E-state index in [9.17, 15) is 4.39 Å². The van der Waals surface area contributed by atoms with E-state index in [1.165, 1.54) is 23.3 Å². The molecular weight excluding hydrogens is 544 g/mol. The van der Waals surface area contributed by atoms with Crippen LogP contribution in [-0.4, -0.2) is 67.0 Å². The van der Waals surface area contributed by atoms with Crippen molar-refractivity contribution in [3.05, 3.63) is 83.9 Å². The van der Waals surface area contributed by atoms with Gasteiger partial charge in [-0.05, 0) is 41.5 Å². The van der Waals surface area contributed by atoms with Gasteiger partial charge in [0, 0.05) is 70.9 Å². The largest absolute Gasteiger partial charge is 0.369 e. The average molecular weight is 577 g/mol. The summed E-state index contributed by atoms with van der Waals surface area (Å²) >= 11 is 0. The van der Waals surface area contributed by atoms with E-state index in [2.05, 4.69) is 54.8 Å². The third-order valence-corrected chi connectivity index (χ3v) is 5.96. The highest BCUT2D eigenvalue weighted by Crippen LogP contribution is 2.16. The Morgan fingerprint density at radius 2 is 1.71 bits per heavy atom. The first-order valence-electron chi connectivity index (χ1n) is 11.4. The van der Waals surface area contributed by atoms with Crippen molar-refractivity contribution in [3.63, 3.8) is 0 Å². The van der Waals surface area contributed by atoms with E-state index < -0.39 is 0 Å². The molecule has 1 saturated heterocycles. The molecule has 182 valence electrons. The second-order valence-corrected chi connectivity index (χ2v) is 8.13. The standard InChI is InChI=1S/C25H32FN7.HI/c1-27-25(29-19-21-5-2-3-6-22(21)20-33-13-4-11-30-33)28-12-14-31-15-17-32(18-16-31)24-9-7-23(26)8-10-24;/h2-11,13H,12,14-20H2,1H3,(H2,27,28,29);1H. The lowest BCUT2D eigenvalue weighted by Gasteiger charge is -2.36. The maximum atomic E-state index is 13.1. The Labute approximate surface area is 218 Å². The summed E-state index contributed by atoms with van der Waals surface area (Å²) in [6.07, 6.45) is 3.78. The normalized spacial score (nSPS) is 14.5. The number of benzene rings is 2. The first-order valence-corrected chi connectivity index (χ1v) is 11.4. The molecule has 1 aliphatic heterocycles. The quantitative estimate of drug-likeness (QED) is 0.245. The summed E-state index contributed by atoms with van der Waals surface area (Å²) < 4.78 is 15.1. The van der Waals surface area contributed by atoms with Crippen LogP contribution in [0.5, 0.6) is 0 Å². The Morgan fingerprint density at radius 3 is 2.38 bits per heavy atom. The summed E-state index contributed by atoms with van der Waals surface area (Å²) in [5.41, 5.74) is 3.56. The minimum atomic E-state index is -0.188. The van der Waals surface area contributed by atoms with Gasteiger partial charge in [-0.1, -0.05) is 24.3 Å². The number of aliphatic imine (C=N–C) groups is 1. The number of hydrogen-bond acceptors (Lipinski definition) is 4. The molecule has 1 fully saturated rings. The maximum Gasteiger partial charge on any atom is 0.191 e. The molecule has 1 aliphatic rings. The first-order chi connectivity index (χ1) is 16.2. The van der Waals surface area contributed by atoms with Gasteiger partial charge in [0.05, 0.1) is 6.54 Å². The van der Waals surface area contributed by atoms with E-state index in [-0.39, 0.29) is 29.8 Å². The molecule has 34 heavy (non-hydrogen) atoms. The van der Waals surface area contributed by atoms with E-state index >= 15 is 0 Å². The van der Waals surface area contributed by atoms with Crippen molar-refractivity contribution < 1.29 is 4.39 Å². The minimum Gasteiger partial charge on any atom is -0.369 e. The van der Waals surface area contributed by atoms with E-state index in [1.807, 2.05) is 29.1 Å². The van der Waals surface area contributed by atoms with Crippen LogP contribution < -0.4 is 15.5 Å². The number of halogens is 2. The third kappa shape index (κ3) is 7.42. The predicted octanol–water partition coefficient (Wildman–Crippen LogP) is 3.18. The molecule has 2 heterocycles. The van der Waals surface area contributed by atoms with Crippen LogP contribution in [0.25, 0.3) is 0 Å². The molecule has 0 radical (unpaired) electrons. The van der Waals surface area contributed by atoms with Crippen LogP contribution in [0.15, 0.2) is 72.0 Å². The lowest BCUT2D eigenvalue weighted by Crippen LogP contribution is -2.49. The number of rotatable bonds is 8. The maximum absolute atomic E-state index is 13.1. The van der Waals surface area contributed by atoms with Crippen molar-refractivity contribution in [3.8, 4) is 0 Å². The minimum absolute atomic E-state index is 0. The number of aromatic nitrogens is 2. The average Bonchev–Trinajstić information content (AvgIpc) is 3.36. The number of nitrogens with one attached hydrogen (secondary N) is 2. The lowest BCUT2D eigenvalue weighted by atomic mass is 10.1. The number of nitrogens with zero attached hydrogens (tertiary/aromatic N) is 5. The van der Waals surface area contributed by atoms with Gasteiger partial charge in [-0.3, -0.25) is 14.6 Å². The Bertz CT molecular complexity index is 1020. The fourth-order valence-electron chi connectivity index (χ4n) is 4.07. The third-order valence-electron chi connectivity index (χ3n) is 5.96. The van der Waals surface area contributed by atoms with Gasteiger partial charge in [0.25, 0.3) is 0 Å². The van der Waals surface area contributed by atoms with Crippen LogP contribution >= 0.6 is 24.0 Å². The molecule has 0 unspecified atom stereocenters. The topological polar surface area (TPSA) is 60.7 Å². The lowest BCUT2D eigenvalue weighted by molar-refractivity contribution is 0.261. The predicted molar refractivity (Wildman–Crippen MR) is 146 cm³/mol. The van der Waals surface area contributed by atoms with Gasteiger partial charge >= 0.3 is 0 Å². The highest BCUT2D eigenvalue weighted by atomic mass is 127. The second-order valence-electron chi connectivity index (χ2n) is 8.13. The number of anilines is 1. The monoisotopic (exact) mass is 577 g/mol. The van der Waals surface area contributed by atoms with E-state index in [0.29, 0.717) is 6.54 Å². The zero-order valence-electron chi connectivity index (χ0n) is 19.5. The molecule has 1 aromatic heterocycles.